The number of aromatic nitrogens is 5. The maximum absolute atomic E-state index is 14.1. The number of ether oxygens (including phenoxy) is 1. The van der Waals surface area contributed by atoms with Gasteiger partial charge < -0.3 is 10.1 Å². The molecule has 4 heterocycles. The molecule has 1 aliphatic heterocycles. The normalized spacial score (nSPS) is 16.5. The number of alkyl halides is 2. The number of sulfone groups is 1. The molecule has 0 saturated carbocycles. The van der Waals surface area contributed by atoms with Crippen LogP contribution in [-0.4, -0.2) is 45.6 Å². The van der Waals surface area contributed by atoms with Crippen LogP contribution in [0.5, 0.6) is 0 Å². The van der Waals surface area contributed by atoms with E-state index in [-0.39, 0.29) is 32.6 Å². The van der Waals surface area contributed by atoms with E-state index in [4.69, 9.17) is 16.3 Å². The predicted molar refractivity (Wildman–Crippen MR) is 141 cm³/mol. The van der Waals surface area contributed by atoms with Crippen molar-refractivity contribution in [3.8, 4) is 11.1 Å². The van der Waals surface area contributed by atoms with Gasteiger partial charge in [0.05, 0.1) is 22.0 Å². The fourth-order valence-corrected chi connectivity index (χ4v) is 5.98. The number of halogens is 3. The van der Waals surface area contributed by atoms with Crippen molar-refractivity contribution in [2.24, 2.45) is 7.05 Å². The summed E-state index contributed by atoms with van der Waals surface area (Å²) in [6.07, 6.45) is -0.213. The summed E-state index contributed by atoms with van der Waals surface area (Å²) in [5, 5.41) is 7.54. The third kappa shape index (κ3) is 4.76. The first-order valence-electron chi connectivity index (χ1n) is 12.1. The van der Waals surface area contributed by atoms with Gasteiger partial charge in [0.25, 0.3) is 6.43 Å². The number of hydrogen-bond donors (Lipinski definition) is 1. The fraction of sp³-hybridized carbons (Fsp3) is 0.400. The summed E-state index contributed by atoms with van der Waals surface area (Å²) in [5.41, 5.74) is 3.97. The molecule has 1 unspecified atom stereocenters. The van der Waals surface area contributed by atoms with Crippen LogP contribution in [0.4, 0.5) is 20.2 Å². The quantitative estimate of drug-likeness (QED) is 0.291. The van der Waals surface area contributed by atoms with Gasteiger partial charge in [-0.25, -0.2) is 27.2 Å². The van der Waals surface area contributed by atoms with Crippen molar-refractivity contribution in [2.45, 2.75) is 50.7 Å². The third-order valence-corrected chi connectivity index (χ3v) is 8.06. The highest BCUT2D eigenvalue weighted by Crippen LogP contribution is 2.38. The van der Waals surface area contributed by atoms with E-state index in [2.05, 4.69) is 20.4 Å². The molecule has 1 aromatic carbocycles. The second-order valence-corrected chi connectivity index (χ2v) is 11.8. The number of anilines is 2. The van der Waals surface area contributed by atoms with Gasteiger partial charge in [-0.1, -0.05) is 17.7 Å². The number of pyridine rings is 1. The van der Waals surface area contributed by atoms with Gasteiger partial charge in [0.2, 0.25) is 0 Å². The Bertz CT molecular complexity index is 1640. The van der Waals surface area contributed by atoms with E-state index in [0.717, 1.165) is 36.0 Å². The van der Waals surface area contributed by atoms with Crippen LogP contribution >= 0.6 is 11.6 Å². The summed E-state index contributed by atoms with van der Waals surface area (Å²) < 4.78 is 62.6. The zero-order valence-electron chi connectivity index (χ0n) is 21.3. The van der Waals surface area contributed by atoms with Gasteiger partial charge in [0.15, 0.2) is 21.3 Å². The molecule has 5 rings (SSSR count). The molecule has 3 aromatic heterocycles. The Morgan fingerprint density at radius 2 is 1.92 bits per heavy atom. The minimum atomic E-state index is -3.70. The number of nitrogens with zero attached hydrogens (tertiary/aromatic N) is 5. The molecule has 202 valence electrons. The monoisotopic (exact) mass is 564 g/mol. The number of rotatable bonds is 6. The lowest BCUT2D eigenvalue weighted by molar-refractivity contribution is -0.0363. The van der Waals surface area contributed by atoms with Crippen LogP contribution in [0.3, 0.4) is 0 Å². The van der Waals surface area contributed by atoms with Crippen molar-refractivity contribution in [3.63, 3.8) is 0 Å². The van der Waals surface area contributed by atoms with Crippen molar-refractivity contribution in [1.82, 2.24) is 24.3 Å². The molecule has 1 saturated heterocycles. The summed E-state index contributed by atoms with van der Waals surface area (Å²) >= 11 is 6.31. The van der Waals surface area contributed by atoms with E-state index in [1.807, 2.05) is 20.9 Å². The van der Waals surface area contributed by atoms with Crippen LogP contribution in [0.1, 0.15) is 49.1 Å². The SMILES string of the molecule is Cc1nn(C)c(C)c1-c1ccc(Nc2cc(Cl)nc3c2nc(C(F)F)n3C2CCCCO2)c(S(C)(=O)=O)c1. The second-order valence-electron chi connectivity index (χ2n) is 9.40. The second kappa shape index (κ2) is 9.90. The van der Waals surface area contributed by atoms with Gasteiger partial charge in [-0.2, -0.15) is 5.10 Å². The molecule has 1 atom stereocenters. The average molecular weight is 565 g/mol. The molecule has 1 aliphatic rings. The fourth-order valence-electron chi connectivity index (χ4n) is 4.93. The molecular formula is C25H27ClF2N6O3S. The topological polar surface area (TPSA) is 104 Å². The van der Waals surface area contributed by atoms with Crippen LogP contribution in [0, 0.1) is 13.8 Å². The summed E-state index contributed by atoms with van der Waals surface area (Å²) in [7, 11) is -1.88. The standard InChI is InChI=1S/C25H27ClF2N6O3S/c1-13-21(14(2)33(3)32-13)15-8-9-16(18(11-15)38(4,35)36)29-17-12-19(26)30-24-22(17)31-25(23(27)28)34(24)20-7-5-6-10-37-20/h8-9,11-12,20,23H,5-7,10H2,1-4H3,(H,29,30). The van der Waals surface area contributed by atoms with Crippen molar-refractivity contribution >= 4 is 44.0 Å². The highest BCUT2D eigenvalue weighted by molar-refractivity contribution is 7.90. The molecule has 0 aliphatic carbocycles. The predicted octanol–water partition coefficient (Wildman–Crippen LogP) is 5.89. The van der Waals surface area contributed by atoms with Crippen molar-refractivity contribution in [3.05, 3.63) is 46.6 Å². The summed E-state index contributed by atoms with van der Waals surface area (Å²) in [4.78, 5) is 8.51. The van der Waals surface area contributed by atoms with E-state index >= 15 is 0 Å². The lowest BCUT2D eigenvalue weighted by atomic mass is 10.0. The number of imidazole rings is 1. The van der Waals surface area contributed by atoms with E-state index in [1.165, 1.54) is 10.6 Å². The first kappa shape index (κ1) is 26.5. The number of benzene rings is 1. The Morgan fingerprint density at radius 3 is 2.53 bits per heavy atom. The molecule has 4 aromatic rings. The van der Waals surface area contributed by atoms with E-state index in [0.29, 0.717) is 18.6 Å². The van der Waals surface area contributed by atoms with Gasteiger partial charge >= 0.3 is 0 Å². The molecular weight excluding hydrogens is 538 g/mol. The Morgan fingerprint density at radius 1 is 1.16 bits per heavy atom. The Hall–Kier alpha value is -3.09. The van der Waals surface area contributed by atoms with Crippen LogP contribution in [-0.2, 0) is 21.6 Å². The van der Waals surface area contributed by atoms with Crippen molar-refractivity contribution in [2.75, 3.05) is 18.2 Å². The lowest BCUT2D eigenvalue weighted by Crippen LogP contribution is -2.20. The van der Waals surface area contributed by atoms with E-state index in [1.54, 1.807) is 22.9 Å². The highest BCUT2D eigenvalue weighted by Gasteiger charge is 2.29. The lowest BCUT2D eigenvalue weighted by Gasteiger charge is -2.25. The average Bonchev–Trinajstić information content (AvgIpc) is 3.36. The summed E-state index contributed by atoms with van der Waals surface area (Å²) in [6, 6.07) is 6.43. The summed E-state index contributed by atoms with van der Waals surface area (Å²) in [5.74, 6) is -0.481. The largest absolute Gasteiger partial charge is 0.358 e. The zero-order chi connectivity index (χ0) is 27.4. The maximum Gasteiger partial charge on any atom is 0.295 e. The Labute approximate surface area is 223 Å². The molecule has 0 radical (unpaired) electrons. The molecule has 13 heteroatoms. The molecule has 9 nitrogen and oxygen atoms in total. The van der Waals surface area contributed by atoms with Gasteiger partial charge in [0.1, 0.15) is 16.9 Å². The minimum Gasteiger partial charge on any atom is -0.358 e. The Kier molecular flexibility index (Phi) is 6.91. The number of fused-ring (bicyclic) bond motifs is 1. The molecule has 0 amide bonds. The molecule has 0 bridgehead atoms. The first-order valence-corrected chi connectivity index (χ1v) is 14.3. The van der Waals surface area contributed by atoms with Crippen LogP contribution < -0.4 is 5.32 Å². The number of aryl methyl sites for hydroxylation is 2. The van der Waals surface area contributed by atoms with Crippen LogP contribution in [0.25, 0.3) is 22.3 Å². The molecule has 1 N–H and O–H groups in total. The molecule has 0 spiro atoms. The van der Waals surface area contributed by atoms with Gasteiger partial charge in [-0.3, -0.25) is 9.25 Å². The maximum atomic E-state index is 14.1. The number of nitrogens with one attached hydrogen (secondary N) is 1. The molecule has 1 fully saturated rings. The van der Waals surface area contributed by atoms with E-state index < -0.39 is 28.3 Å². The first-order chi connectivity index (χ1) is 18.0. The molecule has 38 heavy (non-hydrogen) atoms. The van der Waals surface area contributed by atoms with Crippen LogP contribution in [0.2, 0.25) is 5.15 Å². The smallest absolute Gasteiger partial charge is 0.295 e. The summed E-state index contributed by atoms with van der Waals surface area (Å²) in [6.45, 7) is 4.21. The zero-order valence-corrected chi connectivity index (χ0v) is 22.9. The van der Waals surface area contributed by atoms with Crippen LogP contribution in [0.15, 0.2) is 29.2 Å². The van der Waals surface area contributed by atoms with Crippen molar-refractivity contribution < 1.29 is 21.9 Å². The van der Waals surface area contributed by atoms with Gasteiger partial charge in [-0.15, -0.1) is 0 Å². The number of hydrogen-bond acceptors (Lipinski definition) is 7. The van der Waals surface area contributed by atoms with E-state index in [9.17, 15) is 17.2 Å². The Balaban J connectivity index is 1.65. The minimum absolute atomic E-state index is 0.0304. The van der Waals surface area contributed by atoms with Crippen molar-refractivity contribution in [1.29, 1.82) is 0 Å². The highest BCUT2D eigenvalue weighted by atomic mass is 35.5. The van der Waals surface area contributed by atoms with Gasteiger partial charge in [-0.05, 0) is 50.8 Å². The van der Waals surface area contributed by atoms with Gasteiger partial charge in [0, 0.05) is 37.2 Å². The third-order valence-electron chi connectivity index (χ3n) is 6.73.